The molecule has 0 aromatic heterocycles. The molecule has 4 heteroatoms. The van der Waals surface area contributed by atoms with Crippen LogP contribution in [0.2, 0.25) is 0 Å². The summed E-state index contributed by atoms with van der Waals surface area (Å²) in [6, 6.07) is -0.373. The maximum Gasteiger partial charge on any atom is 0.320 e. The molecule has 0 aromatic carbocycles. The number of likely N-dealkylation sites (tertiary alicyclic amines) is 1. The molecular formula is C11H19NO3. The van der Waals surface area contributed by atoms with Crippen LogP contribution in [-0.2, 0) is 9.59 Å². The van der Waals surface area contributed by atoms with Crippen LogP contribution in [0.5, 0.6) is 0 Å². The first-order chi connectivity index (χ1) is 7.04. The van der Waals surface area contributed by atoms with E-state index in [1.807, 2.05) is 11.8 Å². The number of ketones is 1. The largest absolute Gasteiger partial charge is 0.480 e. The highest BCUT2D eigenvalue weighted by molar-refractivity contribution is 5.76. The van der Waals surface area contributed by atoms with Crippen molar-refractivity contribution in [3.8, 4) is 0 Å². The molecule has 0 aromatic rings. The Morgan fingerprint density at radius 2 is 2.20 bits per heavy atom. The molecule has 1 rings (SSSR count). The zero-order valence-corrected chi connectivity index (χ0v) is 9.40. The van der Waals surface area contributed by atoms with E-state index in [4.69, 9.17) is 5.11 Å². The predicted octanol–water partition coefficient (Wildman–Crippen LogP) is 1.15. The molecule has 0 aliphatic carbocycles. The quantitative estimate of drug-likeness (QED) is 0.744. The Bertz CT molecular complexity index is 252. The highest BCUT2D eigenvalue weighted by atomic mass is 16.4. The maximum atomic E-state index is 10.9. The second-order valence-electron chi connectivity index (χ2n) is 4.32. The van der Waals surface area contributed by atoms with Crippen molar-refractivity contribution in [2.75, 3.05) is 13.1 Å². The molecule has 15 heavy (non-hydrogen) atoms. The topological polar surface area (TPSA) is 57.6 Å². The van der Waals surface area contributed by atoms with Crippen LogP contribution >= 0.6 is 0 Å². The van der Waals surface area contributed by atoms with Gasteiger partial charge in [0.05, 0.1) is 0 Å². The zero-order valence-electron chi connectivity index (χ0n) is 9.40. The van der Waals surface area contributed by atoms with E-state index in [0.717, 1.165) is 19.5 Å². The smallest absolute Gasteiger partial charge is 0.320 e. The third-order valence-electron chi connectivity index (χ3n) is 3.01. The predicted molar refractivity (Wildman–Crippen MR) is 56.7 cm³/mol. The highest BCUT2D eigenvalue weighted by Gasteiger charge is 2.31. The number of aliphatic carboxylic acids is 1. The van der Waals surface area contributed by atoms with E-state index in [-0.39, 0.29) is 11.8 Å². The van der Waals surface area contributed by atoms with Gasteiger partial charge in [0.1, 0.15) is 11.8 Å². The average Bonchev–Trinajstić information content (AvgIpc) is 2.52. The van der Waals surface area contributed by atoms with Crippen molar-refractivity contribution < 1.29 is 14.7 Å². The maximum absolute atomic E-state index is 10.9. The second-order valence-corrected chi connectivity index (χ2v) is 4.32. The van der Waals surface area contributed by atoms with Gasteiger partial charge < -0.3 is 9.90 Å². The van der Waals surface area contributed by atoms with Gasteiger partial charge >= 0.3 is 5.97 Å². The van der Waals surface area contributed by atoms with Crippen LogP contribution in [0.3, 0.4) is 0 Å². The molecule has 0 saturated carbocycles. The molecule has 86 valence electrons. The van der Waals surface area contributed by atoms with Gasteiger partial charge in [-0.15, -0.1) is 0 Å². The first kappa shape index (κ1) is 12.2. The Balaban J connectivity index is 2.47. The van der Waals surface area contributed by atoms with Gasteiger partial charge in [0.2, 0.25) is 0 Å². The summed E-state index contributed by atoms with van der Waals surface area (Å²) in [5.41, 5.74) is 0. The Kier molecular flexibility index (Phi) is 4.27. The molecule has 2 unspecified atom stereocenters. The van der Waals surface area contributed by atoms with Crippen molar-refractivity contribution in [3.63, 3.8) is 0 Å². The number of carboxylic acids is 1. The van der Waals surface area contributed by atoms with E-state index in [1.165, 1.54) is 0 Å². The average molecular weight is 213 g/mol. The van der Waals surface area contributed by atoms with Crippen molar-refractivity contribution in [2.45, 2.75) is 39.2 Å². The van der Waals surface area contributed by atoms with Crippen LogP contribution < -0.4 is 0 Å². The number of nitrogens with zero attached hydrogens (tertiary/aromatic N) is 1. The molecule has 1 heterocycles. The molecule has 1 saturated heterocycles. The molecule has 0 spiro atoms. The van der Waals surface area contributed by atoms with Crippen LogP contribution in [0.25, 0.3) is 0 Å². The minimum atomic E-state index is -0.749. The number of rotatable bonds is 5. The normalized spacial score (nSPS) is 24.0. The van der Waals surface area contributed by atoms with E-state index in [0.29, 0.717) is 18.8 Å². The summed E-state index contributed by atoms with van der Waals surface area (Å²) in [6.07, 6.45) is 2.16. The van der Waals surface area contributed by atoms with Crippen LogP contribution in [0, 0.1) is 5.92 Å². The third kappa shape index (κ3) is 3.30. The third-order valence-corrected chi connectivity index (χ3v) is 3.01. The summed E-state index contributed by atoms with van der Waals surface area (Å²) in [6.45, 7) is 5.04. The fourth-order valence-electron chi connectivity index (χ4n) is 2.31. The van der Waals surface area contributed by atoms with Crippen LogP contribution in [0.15, 0.2) is 0 Å². The van der Waals surface area contributed by atoms with E-state index in [1.54, 1.807) is 6.92 Å². The van der Waals surface area contributed by atoms with Gasteiger partial charge in [0.15, 0.2) is 0 Å². The van der Waals surface area contributed by atoms with Gasteiger partial charge in [-0.2, -0.15) is 0 Å². The SMILES string of the molecule is CCC(C(=O)O)N1CCC(CC(C)=O)C1. The lowest BCUT2D eigenvalue weighted by Crippen LogP contribution is -2.39. The molecule has 0 radical (unpaired) electrons. The summed E-state index contributed by atoms with van der Waals surface area (Å²) in [5.74, 6) is -0.193. The summed E-state index contributed by atoms with van der Waals surface area (Å²) in [4.78, 5) is 23.9. The van der Waals surface area contributed by atoms with Crippen molar-refractivity contribution in [1.29, 1.82) is 0 Å². The molecule has 1 aliphatic rings. The van der Waals surface area contributed by atoms with Crippen molar-refractivity contribution >= 4 is 11.8 Å². The molecule has 4 nitrogen and oxygen atoms in total. The first-order valence-corrected chi connectivity index (χ1v) is 5.50. The summed E-state index contributed by atoms with van der Waals surface area (Å²) >= 11 is 0. The van der Waals surface area contributed by atoms with Crippen molar-refractivity contribution in [3.05, 3.63) is 0 Å². The van der Waals surface area contributed by atoms with Gasteiger partial charge in [-0.25, -0.2) is 0 Å². The van der Waals surface area contributed by atoms with E-state index < -0.39 is 5.97 Å². The first-order valence-electron chi connectivity index (χ1n) is 5.50. The van der Waals surface area contributed by atoms with Crippen LogP contribution in [-0.4, -0.2) is 40.9 Å². The Morgan fingerprint density at radius 1 is 1.53 bits per heavy atom. The highest BCUT2D eigenvalue weighted by Crippen LogP contribution is 2.22. The Hall–Kier alpha value is -0.900. The van der Waals surface area contributed by atoms with Crippen molar-refractivity contribution in [1.82, 2.24) is 4.90 Å². The number of carbonyl (C=O) groups is 2. The summed E-state index contributed by atoms with van der Waals surface area (Å²) in [7, 11) is 0. The van der Waals surface area contributed by atoms with E-state index >= 15 is 0 Å². The van der Waals surface area contributed by atoms with E-state index in [9.17, 15) is 9.59 Å². The molecule has 1 aliphatic heterocycles. The monoisotopic (exact) mass is 213 g/mol. The minimum Gasteiger partial charge on any atom is -0.480 e. The number of hydrogen-bond acceptors (Lipinski definition) is 3. The lowest BCUT2D eigenvalue weighted by molar-refractivity contribution is -0.143. The Morgan fingerprint density at radius 3 is 2.67 bits per heavy atom. The minimum absolute atomic E-state index is 0.199. The number of carboxylic acid groups (broad SMARTS) is 1. The second kappa shape index (κ2) is 5.26. The summed E-state index contributed by atoms with van der Waals surface area (Å²) < 4.78 is 0. The van der Waals surface area contributed by atoms with Gasteiger partial charge in [-0.1, -0.05) is 6.92 Å². The number of Topliss-reactive ketones (excluding diaryl/α,β-unsaturated/α-hetero) is 1. The van der Waals surface area contributed by atoms with Gasteiger partial charge in [0, 0.05) is 13.0 Å². The molecule has 2 atom stereocenters. The molecule has 0 amide bonds. The fourth-order valence-corrected chi connectivity index (χ4v) is 2.31. The zero-order chi connectivity index (χ0) is 11.4. The standard InChI is InChI=1S/C11H19NO3/c1-3-10(11(14)15)12-5-4-9(7-12)6-8(2)13/h9-10H,3-7H2,1-2H3,(H,14,15). The molecular weight excluding hydrogens is 194 g/mol. The fraction of sp³-hybridized carbons (Fsp3) is 0.818. The molecule has 1 fully saturated rings. The van der Waals surface area contributed by atoms with Gasteiger partial charge in [-0.05, 0) is 32.2 Å². The van der Waals surface area contributed by atoms with Crippen LogP contribution in [0.4, 0.5) is 0 Å². The Labute approximate surface area is 90.3 Å². The van der Waals surface area contributed by atoms with E-state index in [2.05, 4.69) is 0 Å². The van der Waals surface area contributed by atoms with Crippen LogP contribution in [0.1, 0.15) is 33.1 Å². The lowest BCUT2D eigenvalue weighted by Gasteiger charge is -2.22. The summed E-state index contributed by atoms with van der Waals surface area (Å²) in [5, 5.41) is 8.99. The number of hydrogen-bond donors (Lipinski definition) is 1. The van der Waals surface area contributed by atoms with Gasteiger partial charge in [-0.3, -0.25) is 9.69 Å². The van der Waals surface area contributed by atoms with Gasteiger partial charge in [0.25, 0.3) is 0 Å². The molecule has 0 bridgehead atoms. The molecule has 1 N–H and O–H groups in total. The lowest BCUT2D eigenvalue weighted by atomic mass is 10.0. The van der Waals surface area contributed by atoms with Crippen molar-refractivity contribution in [2.24, 2.45) is 5.92 Å². The number of carbonyl (C=O) groups excluding carboxylic acids is 1.